The van der Waals surface area contributed by atoms with Gasteiger partial charge in [0.2, 0.25) is 0 Å². The van der Waals surface area contributed by atoms with Crippen LogP contribution in [0, 0.1) is 6.92 Å². The molecule has 1 aromatic rings. The number of aliphatic carboxylic acids is 1. The van der Waals surface area contributed by atoms with Crippen LogP contribution in [0.3, 0.4) is 0 Å². The van der Waals surface area contributed by atoms with E-state index in [9.17, 15) is 9.59 Å². The zero-order valence-corrected chi connectivity index (χ0v) is 12.8. The van der Waals surface area contributed by atoms with Crippen molar-refractivity contribution in [3.05, 3.63) is 35.4 Å². The monoisotopic (exact) mass is 292 g/mol. The summed E-state index contributed by atoms with van der Waals surface area (Å²) in [5, 5.41) is 14.3. The Hall–Kier alpha value is -2.04. The van der Waals surface area contributed by atoms with Crippen molar-refractivity contribution in [3.63, 3.8) is 0 Å². The van der Waals surface area contributed by atoms with Crippen molar-refractivity contribution in [2.24, 2.45) is 0 Å². The van der Waals surface area contributed by atoms with E-state index in [-0.39, 0.29) is 24.5 Å². The molecule has 5 nitrogen and oxygen atoms in total. The van der Waals surface area contributed by atoms with Crippen molar-refractivity contribution >= 4 is 12.0 Å². The van der Waals surface area contributed by atoms with Crippen LogP contribution in [0.25, 0.3) is 0 Å². The number of amides is 2. The van der Waals surface area contributed by atoms with Crippen LogP contribution < -0.4 is 10.6 Å². The van der Waals surface area contributed by atoms with E-state index < -0.39 is 5.97 Å². The molecule has 0 fully saturated rings. The van der Waals surface area contributed by atoms with E-state index in [0.29, 0.717) is 12.8 Å². The van der Waals surface area contributed by atoms with Gasteiger partial charge in [-0.2, -0.15) is 0 Å². The first-order valence-corrected chi connectivity index (χ1v) is 7.24. The first kappa shape index (κ1) is 17.0. The molecular formula is C16H24N2O3. The van der Waals surface area contributed by atoms with E-state index in [4.69, 9.17) is 5.11 Å². The van der Waals surface area contributed by atoms with Gasteiger partial charge in [0.05, 0.1) is 6.04 Å². The van der Waals surface area contributed by atoms with E-state index in [1.807, 2.05) is 45.0 Å². The van der Waals surface area contributed by atoms with Gasteiger partial charge >= 0.3 is 12.0 Å². The lowest BCUT2D eigenvalue weighted by molar-refractivity contribution is -0.137. The number of hydrogen-bond acceptors (Lipinski definition) is 2. The quantitative estimate of drug-likeness (QED) is 0.723. The van der Waals surface area contributed by atoms with Crippen LogP contribution in [0.1, 0.15) is 50.3 Å². The number of carboxylic acid groups (broad SMARTS) is 1. The first-order valence-electron chi connectivity index (χ1n) is 7.24. The highest BCUT2D eigenvalue weighted by Crippen LogP contribution is 2.12. The minimum Gasteiger partial charge on any atom is -0.481 e. The summed E-state index contributed by atoms with van der Waals surface area (Å²) in [4.78, 5) is 22.3. The third kappa shape index (κ3) is 6.79. The smallest absolute Gasteiger partial charge is 0.315 e. The molecule has 0 aromatic heterocycles. The number of nitrogens with one attached hydrogen (secondary N) is 2. The number of benzene rings is 1. The van der Waals surface area contributed by atoms with Crippen molar-refractivity contribution in [2.75, 3.05) is 0 Å². The number of urea groups is 1. The third-order valence-corrected chi connectivity index (χ3v) is 3.33. The Morgan fingerprint density at radius 1 is 1.14 bits per heavy atom. The van der Waals surface area contributed by atoms with Crippen molar-refractivity contribution in [3.8, 4) is 0 Å². The van der Waals surface area contributed by atoms with Gasteiger partial charge in [-0.15, -0.1) is 0 Å². The highest BCUT2D eigenvalue weighted by atomic mass is 16.4. The molecule has 1 aromatic carbocycles. The maximum absolute atomic E-state index is 11.9. The SMILES string of the molecule is Cc1ccc(C(C)NC(=O)NC(C)CCCC(=O)O)cc1. The minimum absolute atomic E-state index is 0.0467. The molecule has 1 rings (SSSR count). The fourth-order valence-electron chi connectivity index (χ4n) is 2.03. The molecule has 2 atom stereocenters. The number of carbonyl (C=O) groups excluding carboxylic acids is 1. The molecule has 3 N–H and O–H groups in total. The topological polar surface area (TPSA) is 78.4 Å². The van der Waals surface area contributed by atoms with Crippen LogP contribution >= 0.6 is 0 Å². The molecule has 0 aliphatic carbocycles. The molecule has 0 spiro atoms. The number of carboxylic acids is 1. The second-order valence-corrected chi connectivity index (χ2v) is 5.44. The predicted octanol–water partition coefficient (Wildman–Crippen LogP) is 3.00. The summed E-state index contributed by atoms with van der Waals surface area (Å²) in [6, 6.07) is 7.67. The molecule has 21 heavy (non-hydrogen) atoms. The van der Waals surface area contributed by atoms with Crippen molar-refractivity contribution in [1.82, 2.24) is 10.6 Å². The van der Waals surface area contributed by atoms with Crippen molar-refractivity contribution < 1.29 is 14.7 Å². The first-order chi connectivity index (χ1) is 9.88. The lowest BCUT2D eigenvalue weighted by Crippen LogP contribution is -2.41. The summed E-state index contributed by atoms with van der Waals surface area (Å²) >= 11 is 0. The minimum atomic E-state index is -0.806. The summed E-state index contributed by atoms with van der Waals surface area (Å²) in [7, 11) is 0. The third-order valence-electron chi connectivity index (χ3n) is 3.33. The Morgan fingerprint density at radius 3 is 2.33 bits per heavy atom. The van der Waals surface area contributed by atoms with E-state index in [2.05, 4.69) is 10.6 Å². The van der Waals surface area contributed by atoms with E-state index in [0.717, 1.165) is 5.56 Å². The normalized spacial score (nSPS) is 13.3. The average molecular weight is 292 g/mol. The predicted molar refractivity (Wildman–Crippen MR) is 82.2 cm³/mol. The molecule has 2 unspecified atom stereocenters. The molecule has 116 valence electrons. The second kappa shape index (κ2) is 8.29. The van der Waals surface area contributed by atoms with E-state index >= 15 is 0 Å². The van der Waals surface area contributed by atoms with Gasteiger partial charge in [-0.1, -0.05) is 29.8 Å². The summed E-state index contributed by atoms with van der Waals surface area (Å²) in [6.07, 6.45) is 1.34. The Balaban J connectivity index is 2.35. The average Bonchev–Trinajstić information content (AvgIpc) is 2.38. The fraction of sp³-hybridized carbons (Fsp3) is 0.500. The zero-order chi connectivity index (χ0) is 15.8. The highest BCUT2D eigenvalue weighted by molar-refractivity contribution is 5.74. The fourth-order valence-corrected chi connectivity index (χ4v) is 2.03. The molecule has 2 amide bonds. The van der Waals surface area contributed by atoms with E-state index in [1.165, 1.54) is 5.56 Å². The molecule has 0 saturated carbocycles. The lowest BCUT2D eigenvalue weighted by Gasteiger charge is -2.18. The summed E-state index contributed by atoms with van der Waals surface area (Å²) in [5.74, 6) is -0.806. The van der Waals surface area contributed by atoms with Crippen LogP contribution in [0.2, 0.25) is 0 Å². The Bertz CT molecular complexity index is 471. The number of carbonyl (C=O) groups is 2. The van der Waals surface area contributed by atoms with Gasteiger partial charge in [0, 0.05) is 12.5 Å². The van der Waals surface area contributed by atoms with Gasteiger partial charge in [0.25, 0.3) is 0 Å². The summed E-state index contributed by atoms with van der Waals surface area (Å²) in [6.45, 7) is 5.82. The van der Waals surface area contributed by atoms with Crippen LogP contribution in [-0.4, -0.2) is 23.1 Å². The van der Waals surface area contributed by atoms with Gasteiger partial charge in [-0.25, -0.2) is 4.79 Å². The number of aryl methyl sites for hydroxylation is 1. The maximum Gasteiger partial charge on any atom is 0.315 e. The Morgan fingerprint density at radius 2 is 1.76 bits per heavy atom. The lowest BCUT2D eigenvalue weighted by atomic mass is 10.1. The standard InChI is InChI=1S/C16H24N2O3/c1-11-7-9-14(10-8-11)13(3)18-16(21)17-12(2)5-4-6-15(19)20/h7-10,12-13H,4-6H2,1-3H3,(H,19,20)(H2,17,18,21). The van der Waals surface area contributed by atoms with Crippen LogP contribution in [0.15, 0.2) is 24.3 Å². The van der Waals surface area contributed by atoms with Crippen LogP contribution in [-0.2, 0) is 4.79 Å². The number of hydrogen-bond donors (Lipinski definition) is 3. The van der Waals surface area contributed by atoms with Gasteiger partial charge in [0.1, 0.15) is 0 Å². The van der Waals surface area contributed by atoms with Crippen molar-refractivity contribution in [1.29, 1.82) is 0 Å². The molecule has 0 heterocycles. The zero-order valence-electron chi connectivity index (χ0n) is 12.8. The molecular weight excluding hydrogens is 268 g/mol. The Labute approximate surface area is 125 Å². The molecule has 0 aliphatic heterocycles. The Kier molecular flexibility index (Phi) is 6.72. The number of rotatable bonds is 7. The van der Waals surface area contributed by atoms with Gasteiger partial charge < -0.3 is 15.7 Å². The summed E-state index contributed by atoms with van der Waals surface area (Å²) < 4.78 is 0. The highest BCUT2D eigenvalue weighted by Gasteiger charge is 2.12. The van der Waals surface area contributed by atoms with E-state index in [1.54, 1.807) is 0 Å². The molecule has 0 aliphatic rings. The molecule has 0 bridgehead atoms. The molecule has 5 heteroatoms. The molecule has 0 saturated heterocycles. The molecule has 0 radical (unpaired) electrons. The van der Waals surface area contributed by atoms with Crippen LogP contribution in [0.5, 0.6) is 0 Å². The largest absolute Gasteiger partial charge is 0.481 e. The van der Waals surface area contributed by atoms with Gasteiger partial charge in [0.15, 0.2) is 0 Å². The van der Waals surface area contributed by atoms with Crippen LogP contribution in [0.4, 0.5) is 4.79 Å². The maximum atomic E-state index is 11.9. The summed E-state index contributed by atoms with van der Waals surface area (Å²) in [5.41, 5.74) is 2.23. The van der Waals surface area contributed by atoms with Gasteiger partial charge in [-0.05, 0) is 39.2 Å². The van der Waals surface area contributed by atoms with Crippen molar-refractivity contribution in [2.45, 2.75) is 52.1 Å². The van der Waals surface area contributed by atoms with Gasteiger partial charge in [-0.3, -0.25) is 4.79 Å². The second-order valence-electron chi connectivity index (χ2n) is 5.44.